The Balaban J connectivity index is 1.70. The van der Waals surface area contributed by atoms with Gasteiger partial charge in [0.25, 0.3) is 0 Å². The zero-order valence-electron chi connectivity index (χ0n) is 15.5. The molecule has 27 heavy (non-hydrogen) atoms. The summed E-state index contributed by atoms with van der Waals surface area (Å²) in [6.45, 7) is 4.54. The summed E-state index contributed by atoms with van der Waals surface area (Å²) in [5, 5.41) is 1.45. The van der Waals surface area contributed by atoms with Crippen LogP contribution in [0.4, 0.5) is 11.4 Å². The topological polar surface area (TPSA) is 23.6 Å². The molecule has 2 aromatic rings. The minimum absolute atomic E-state index is 0.324. The molecule has 142 valence electrons. The lowest BCUT2D eigenvalue weighted by atomic mass is 9.67. The van der Waals surface area contributed by atoms with Gasteiger partial charge in [-0.1, -0.05) is 30.1 Å². The highest BCUT2D eigenvalue weighted by atomic mass is 35.5. The van der Waals surface area contributed by atoms with E-state index >= 15 is 0 Å². The van der Waals surface area contributed by atoms with E-state index in [0.29, 0.717) is 18.1 Å². The van der Waals surface area contributed by atoms with Crippen LogP contribution in [0.3, 0.4) is 0 Å². The van der Waals surface area contributed by atoms with Crippen LogP contribution >= 0.6 is 23.2 Å². The highest BCUT2D eigenvalue weighted by Crippen LogP contribution is 2.42. The van der Waals surface area contributed by atoms with Crippen molar-refractivity contribution in [2.24, 2.45) is 11.3 Å². The average molecular weight is 403 g/mol. The van der Waals surface area contributed by atoms with Crippen molar-refractivity contribution in [2.45, 2.75) is 26.2 Å². The van der Waals surface area contributed by atoms with E-state index in [1.165, 1.54) is 0 Å². The van der Waals surface area contributed by atoms with Crippen LogP contribution in [-0.2, 0) is 4.79 Å². The Morgan fingerprint density at radius 1 is 0.889 bits per heavy atom. The van der Waals surface area contributed by atoms with E-state index in [1.807, 2.05) is 48.5 Å². The third-order valence-corrected chi connectivity index (χ3v) is 6.41. The van der Waals surface area contributed by atoms with Crippen molar-refractivity contribution in [3.63, 3.8) is 0 Å². The highest BCUT2D eigenvalue weighted by molar-refractivity contribution is 6.30. The van der Waals surface area contributed by atoms with E-state index in [-0.39, 0.29) is 5.41 Å². The summed E-state index contributed by atoms with van der Waals surface area (Å²) in [6, 6.07) is 15.8. The van der Waals surface area contributed by atoms with Crippen LogP contribution in [0.5, 0.6) is 0 Å². The van der Waals surface area contributed by atoms with Gasteiger partial charge in [-0.05, 0) is 67.3 Å². The molecule has 1 unspecified atom stereocenters. The summed E-state index contributed by atoms with van der Waals surface area (Å²) in [7, 11) is 0. The van der Waals surface area contributed by atoms with Crippen molar-refractivity contribution >= 4 is 40.4 Å². The summed E-state index contributed by atoms with van der Waals surface area (Å²) >= 11 is 12.2. The fourth-order valence-corrected chi connectivity index (χ4v) is 4.82. The van der Waals surface area contributed by atoms with Gasteiger partial charge in [-0.2, -0.15) is 0 Å². The number of halogens is 2. The van der Waals surface area contributed by atoms with Gasteiger partial charge < -0.3 is 9.80 Å². The van der Waals surface area contributed by atoms with Gasteiger partial charge in [0, 0.05) is 40.9 Å². The molecule has 1 aliphatic heterocycles. The molecular weight excluding hydrogens is 379 g/mol. The Kier molecular flexibility index (Phi) is 5.09. The standard InChI is InChI=1S/C22H24Cl2N2O/c1-16-2-11-21(27)22(12-16)13-25(19-7-3-17(23)4-8-19)15-26(14-22)20-9-5-18(24)6-10-20/h3-10,16H,2,11-15H2,1H3. The summed E-state index contributed by atoms with van der Waals surface area (Å²) in [4.78, 5) is 17.7. The lowest BCUT2D eigenvalue weighted by molar-refractivity contribution is -0.132. The van der Waals surface area contributed by atoms with Crippen LogP contribution in [0.1, 0.15) is 26.2 Å². The highest BCUT2D eigenvalue weighted by Gasteiger charge is 2.47. The summed E-state index contributed by atoms with van der Waals surface area (Å²) in [5.41, 5.74) is 1.88. The molecule has 0 aromatic heterocycles. The van der Waals surface area contributed by atoms with Crippen LogP contribution in [0, 0.1) is 11.3 Å². The lowest BCUT2D eigenvalue weighted by Crippen LogP contribution is -2.60. The first-order valence-electron chi connectivity index (χ1n) is 9.50. The molecule has 1 heterocycles. The van der Waals surface area contributed by atoms with Crippen molar-refractivity contribution in [3.8, 4) is 0 Å². The Bertz CT molecular complexity index is 766. The predicted molar refractivity (Wildman–Crippen MR) is 113 cm³/mol. The average Bonchev–Trinajstić information content (AvgIpc) is 2.66. The Labute approximate surface area is 170 Å². The van der Waals surface area contributed by atoms with Gasteiger partial charge >= 0.3 is 0 Å². The van der Waals surface area contributed by atoms with Crippen LogP contribution in [0.2, 0.25) is 10.0 Å². The van der Waals surface area contributed by atoms with E-state index in [9.17, 15) is 4.79 Å². The summed E-state index contributed by atoms with van der Waals surface area (Å²) in [5.74, 6) is 0.971. The maximum Gasteiger partial charge on any atom is 0.142 e. The van der Waals surface area contributed by atoms with E-state index in [4.69, 9.17) is 23.2 Å². The number of carbonyl (C=O) groups excluding carboxylic acids is 1. The molecule has 5 heteroatoms. The maximum atomic E-state index is 13.1. The van der Waals surface area contributed by atoms with E-state index < -0.39 is 0 Å². The Hall–Kier alpha value is -1.71. The fraction of sp³-hybridized carbons (Fsp3) is 0.409. The number of hydrogen-bond acceptors (Lipinski definition) is 3. The normalized spacial score (nSPS) is 22.3. The summed E-state index contributed by atoms with van der Waals surface area (Å²) < 4.78 is 0. The molecule has 2 aliphatic rings. The number of rotatable bonds is 2. The number of benzene rings is 2. The van der Waals surface area contributed by atoms with Gasteiger partial charge in [-0.3, -0.25) is 4.79 Å². The van der Waals surface area contributed by atoms with Crippen LogP contribution in [0.25, 0.3) is 0 Å². The molecule has 4 rings (SSSR count). The Morgan fingerprint density at radius 2 is 1.37 bits per heavy atom. The van der Waals surface area contributed by atoms with Gasteiger partial charge in [0.05, 0.1) is 12.1 Å². The smallest absolute Gasteiger partial charge is 0.142 e. The molecule has 3 nitrogen and oxygen atoms in total. The first-order valence-corrected chi connectivity index (χ1v) is 10.3. The second kappa shape index (κ2) is 7.37. The monoisotopic (exact) mass is 402 g/mol. The number of nitrogens with zero attached hydrogens (tertiary/aromatic N) is 2. The second-order valence-electron chi connectivity index (χ2n) is 8.04. The molecule has 2 aromatic carbocycles. The van der Waals surface area contributed by atoms with Crippen molar-refractivity contribution in [2.75, 3.05) is 29.6 Å². The molecule has 0 bridgehead atoms. The Morgan fingerprint density at radius 3 is 1.85 bits per heavy atom. The molecule has 1 spiro atoms. The third-order valence-electron chi connectivity index (χ3n) is 5.91. The van der Waals surface area contributed by atoms with Crippen LogP contribution in [0.15, 0.2) is 48.5 Å². The van der Waals surface area contributed by atoms with Gasteiger partial charge in [0.2, 0.25) is 0 Å². The number of ketones is 1. The SMILES string of the molecule is CC1CCC(=O)C2(C1)CN(c1ccc(Cl)cc1)CN(c1ccc(Cl)cc1)C2. The summed E-state index contributed by atoms with van der Waals surface area (Å²) in [6.07, 6.45) is 2.63. The lowest BCUT2D eigenvalue weighted by Gasteiger charge is -2.51. The first-order chi connectivity index (χ1) is 12.9. The zero-order valence-corrected chi connectivity index (χ0v) is 17.0. The maximum absolute atomic E-state index is 13.1. The minimum atomic E-state index is -0.324. The fourth-order valence-electron chi connectivity index (χ4n) is 4.57. The first kappa shape index (κ1) is 18.6. The third kappa shape index (κ3) is 3.81. The van der Waals surface area contributed by atoms with Crippen LogP contribution in [-0.4, -0.2) is 25.5 Å². The van der Waals surface area contributed by atoms with Crippen molar-refractivity contribution in [1.29, 1.82) is 0 Å². The van der Waals surface area contributed by atoms with Crippen molar-refractivity contribution < 1.29 is 4.79 Å². The predicted octanol–water partition coefficient (Wildman–Crippen LogP) is 5.65. The van der Waals surface area contributed by atoms with E-state index in [1.54, 1.807) is 0 Å². The molecule has 0 radical (unpaired) electrons. The molecule has 1 atom stereocenters. The van der Waals surface area contributed by atoms with Gasteiger partial charge in [-0.15, -0.1) is 0 Å². The number of hydrogen-bond donors (Lipinski definition) is 0. The molecule has 1 aliphatic carbocycles. The van der Waals surface area contributed by atoms with Crippen LogP contribution < -0.4 is 9.80 Å². The van der Waals surface area contributed by atoms with Gasteiger partial charge in [0.1, 0.15) is 5.78 Å². The van der Waals surface area contributed by atoms with E-state index in [0.717, 1.165) is 54.0 Å². The number of carbonyl (C=O) groups is 1. The molecule has 2 fully saturated rings. The van der Waals surface area contributed by atoms with Crippen molar-refractivity contribution in [1.82, 2.24) is 0 Å². The van der Waals surface area contributed by atoms with Crippen molar-refractivity contribution in [3.05, 3.63) is 58.6 Å². The number of Topliss-reactive ketones (excluding diaryl/α,β-unsaturated/α-hetero) is 1. The van der Waals surface area contributed by atoms with Gasteiger partial charge in [0.15, 0.2) is 0 Å². The minimum Gasteiger partial charge on any atom is -0.353 e. The molecule has 1 saturated heterocycles. The van der Waals surface area contributed by atoms with Gasteiger partial charge in [-0.25, -0.2) is 0 Å². The van der Waals surface area contributed by atoms with E-state index in [2.05, 4.69) is 16.7 Å². The second-order valence-corrected chi connectivity index (χ2v) is 8.91. The molecule has 0 amide bonds. The quantitative estimate of drug-likeness (QED) is 0.647. The molecule has 1 saturated carbocycles. The molecular formula is C22H24Cl2N2O. The number of anilines is 2. The zero-order chi connectivity index (χ0) is 19.0. The largest absolute Gasteiger partial charge is 0.353 e. The molecule has 0 N–H and O–H groups in total.